The Bertz CT molecular complexity index is 1510. The zero-order valence-corrected chi connectivity index (χ0v) is 26.2. The van der Waals surface area contributed by atoms with E-state index >= 15 is 0 Å². The molecule has 0 spiro atoms. The van der Waals surface area contributed by atoms with Crippen molar-refractivity contribution in [3.05, 3.63) is 89.0 Å². The highest BCUT2D eigenvalue weighted by molar-refractivity contribution is 5.91. The van der Waals surface area contributed by atoms with E-state index in [9.17, 15) is 19.5 Å². The quantitative estimate of drug-likeness (QED) is 0.307. The van der Waals surface area contributed by atoms with E-state index in [4.69, 9.17) is 14.2 Å². The fraction of sp³-hybridized carbons (Fsp3) is 0.400. The fourth-order valence-electron chi connectivity index (χ4n) is 6.59. The lowest BCUT2D eigenvalue weighted by atomic mass is 9.75. The summed E-state index contributed by atoms with van der Waals surface area (Å²) in [5, 5.41) is 14.9. The molecular formula is C35H41N3O7. The smallest absolute Gasteiger partial charge is 0.417 e. The molecule has 45 heavy (non-hydrogen) atoms. The summed E-state index contributed by atoms with van der Waals surface area (Å²) in [4.78, 5) is 42.3. The minimum absolute atomic E-state index is 0.0814. The van der Waals surface area contributed by atoms with Gasteiger partial charge in [0.1, 0.15) is 30.0 Å². The van der Waals surface area contributed by atoms with E-state index in [1.807, 2.05) is 68.4 Å². The van der Waals surface area contributed by atoms with Crippen LogP contribution < -0.4 is 14.8 Å². The average molecular weight is 616 g/mol. The van der Waals surface area contributed by atoms with E-state index in [2.05, 4.69) is 5.32 Å². The molecule has 3 amide bonds. The zero-order chi connectivity index (χ0) is 32.1. The van der Waals surface area contributed by atoms with Gasteiger partial charge in [-0.3, -0.25) is 4.90 Å². The number of urea groups is 1. The van der Waals surface area contributed by atoms with E-state index in [0.717, 1.165) is 27.9 Å². The molecule has 4 atom stereocenters. The summed E-state index contributed by atoms with van der Waals surface area (Å²) in [6, 6.07) is 19.8. The van der Waals surface area contributed by atoms with Crippen LogP contribution in [-0.2, 0) is 22.6 Å². The maximum Gasteiger partial charge on any atom is 0.417 e. The number of aldehydes is 1. The van der Waals surface area contributed by atoms with Gasteiger partial charge in [0.15, 0.2) is 6.23 Å². The predicted molar refractivity (Wildman–Crippen MR) is 169 cm³/mol. The zero-order valence-electron chi connectivity index (χ0n) is 26.2. The van der Waals surface area contributed by atoms with Gasteiger partial charge in [-0.25, -0.2) is 9.59 Å². The lowest BCUT2D eigenvalue weighted by molar-refractivity contribution is -0.233. The number of carbonyl (C=O) groups excluding carboxylic acids is 3. The second-order valence-electron chi connectivity index (χ2n) is 11.6. The number of nitrogens with zero attached hydrogens (tertiary/aromatic N) is 2. The van der Waals surface area contributed by atoms with Crippen molar-refractivity contribution in [3.63, 3.8) is 0 Å². The van der Waals surface area contributed by atoms with Crippen LogP contribution in [-0.4, -0.2) is 70.9 Å². The average Bonchev–Trinajstić information content (AvgIpc) is 3.19. The Balaban J connectivity index is 1.37. The third-order valence-corrected chi connectivity index (χ3v) is 8.79. The van der Waals surface area contributed by atoms with Crippen molar-refractivity contribution in [2.75, 3.05) is 25.0 Å². The van der Waals surface area contributed by atoms with Crippen molar-refractivity contribution >= 4 is 24.1 Å². The number of nitrogens with one attached hydrogen (secondary N) is 1. The molecule has 2 aliphatic rings. The van der Waals surface area contributed by atoms with Crippen molar-refractivity contribution in [2.45, 2.75) is 65.0 Å². The molecule has 0 radical (unpaired) electrons. The molecule has 3 aromatic rings. The number of hydrogen-bond acceptors (Lipinski definition) is 7. The first kappa shape index (κ1) is 32.0. The largest absolute Gasteiger partial charge is 0.488 e. The first-order valence-electron chi connectivity index (χ1n) is 15.4. The van der Waals surface area contributed by atoms with Crippen molar-refractivity contribution in [3.8, 4) is 11.5 Å². The van der Waals surface area contributed by atoms with E-state index in [-0.39, 0.29) is 25.6 Å². The number of para-hydroxylation sites is 1. The van der Waals surface area contributed by atoms with E-state index in [0.29, 0.717) is 37.4 Å². The molecule has 10 heteroatoms. The van der Waals surface area contributed by atoms with Crippen LogP contribution >= 0.6 is 0 Å². The number of aliphatic hydroxyl groups excluding tert-OH is 1. The second kappa shape index (κ2) is 13.7. The summed E-state index contributed by atoms with van der Waals surface area (Å²) < 4.78 is 18.1. The minimum atomic E-state index is -1.59. The third-order valence-electron chi connectivity index (χ3n) is 8.79. The molecule has 1 fully saturated rings. The Hall–Kier alpha value is -4.41. The highest BCUT2D eigenvalue weighted by Gasteiger charge is 2.59. The van der Waals surface area contributed by atoms with Gasteiger partial charge in [0.05, 0.1) is 6.04 Å². The van der Waals surface area contributed by atoms with Crippen molar-refractivity contribution in [2.24, 2.45) is 5.92 Å². The van der Waals surface area contributed by atoms with Crippen molar-refractivity contribution in [1.29, 1.82) is 0 Å². The summed E-state index contributed by atoms with van der Waals surface area (Å²) in [5.41, 5.74) is 2.73. The summed E-state index contributed by atoms with van der Waals surface area (Å²) in [7, 11) is 0. The number of benzene rings is 3. The molecule has 0 aromatic heterocycles. The monoisotopic (exact) mass is 615 g/mol. The first-order chi connectivity index (χ1) is 21.7. The normalized spacial score (nSPS) is 22.1. The SMILES string of the molecule is CCOC1(C(C)C=O)C(O)N(C(=O)Oc2cc(C)c(OCc3ccccc3)c(C)c2)CCC1N1CCc2ccccc2NC1=O. The summed E-state index contributed by atoms with van der Waals surface area (Å²) in [5.74, 6) is 0.135. The number of likely N-dealkylation sites (tertiary alicyclic amines) is 1. The van der Waals surface area contributed by atoms with Crippen LogP contribution in [0.4, 0.5) is 15.3 Å². The molecule has 238 valence electrons. The summed E-state index contributed by atoms with van der Waals surface area (Å²) in [6.45, 7) is 8.12. The molecule has 3 aromatic carbocycles. The lowest BCUT2D eigenvalue weighted by Gasteiger charge is -2.55. The van der Waals surface area contributed by atoms with Gasteiger partial charge in [0.25, 0.3) is 0 Å². The Morgan fingerprint density at radius 1 is 1.09 bits per heavy atom. The van der Waals surface area contributed by atoms with Gasteiger partial charge in [-0.15, -0.1) is 0 Å². The Kier molecular flexibility index (Phi) is 9.74. The van der Waals surface area contributed by atoms with Gasteiger partial charge in [-0.2, -0.15) is 0 Å². The fourth-order valence-corrected chi connectivity index (χ4v) is 6.59. The molecule has 1 saturated heterocycles. The Morgan fingerprint density at radius 2 is 1.78 bits per heavy atom. The number of anilines is 1. The Labute approximate surface area is 263 Å². The molecule has 0 aliphatic carbocycles. The number of amides is 3. The number of carbonyl (C=O) groups is 3. The first-order valence-corrected chi connectivity index (χ1v) is 15.4. The van der Waals surface area contributed by atoms with Gasteiger partial charge in [0.2, 0.25) is 0 Å². The number of hydrogen-bond donors (Lipinski definition) is 2. The number of fused-ring (bicyclic) bond motifs is 1. The molecule has 0 saturated carbocycles. The standard InChI is InChI=1S/C35H41N3O7/c1-5-44-35(25(4)21-39)30(37-17-15-27-13-9-10-14-29(27)36-33(37)41)16-18-38(32(35)40)34(42)45-28-19-23(2)31(24(3)20-28)43-22-26-11-7-6-8-12-26/h6-14,19-21,25,30,32,40H,5,15-18,22H2,1-4H3,(H,36,41). The molecule has 0 bridgehead atoms. The number of piperidine rings is 1. The number of rotatable bonds is 9. The highest BCUT2D eigenvalue weighted by atomic mass is 16.6. The van der Waals surface area contributed by atoms with Crippen LogP contribution in [0.3, 0.4) is 0 Å². The van der Waals surface area contributed by atoms with Gasteiger partial charge >= 0.3 is 12.1 Å². The Morgan fingerprint density at radius 3 is 2.47 bits per heavy atom. The number of aryl methyl sites for hydroxylation is 2. The van der Waals surface area contributed by atoms with Crippen molar-refractivity contribution in [1.82, 2.24) is 9.80 Å². The number of aliphatic hydroxyl groups is 1. The van der Waals surface area contributed by atoms with Crippen molar-refractivity contribution < 1.29 is 33.7 Å². The molecule has 10 nitrogen and oxygen atoms in total. The van der Waals surface area contributed by atoms with Gasteiger partial charge in [-0.1, -0.05) is 55.5 Å². The maximum absolute atomic E-state index is 13.6. The van der Waals surface area contributed by atoms with Crippen LogP contribution in [0, 0.1) is 19.8 Å². The van der Waals surface area contributed by atoms with Crippen LogP contribution in [0.1, 0.15) is 42.5 Å². The third kappa shape index (κ3) is 6.39. The van der Waals surface area contributed by atoms with Crippen LogP contribution in [0.15, 0.2) is 66.7 Å². The minimum Gasteiger partial charge on any atom is -0.488 e. The summed E-state index contributed by atoms with van der Waals surface area (Å²) in [6.07, 6.45) is -0.815. The summed E-state index contributed by atoms with van der Waals surface area (Å²) >= 11 is 0. The van der Waals surface area contributed by atoms with Gasteiger partial charge in [0, 0.05) is 31.3 Å². The molecule has 2 aliphatic heterocycles. The molecule has 4 unspecified atom stereocenters. The van der Waals surface area contributed by atoms with Crippen LogP contribution in [0.5, 0.6) is 11.5 Å². The molecular weight excluding hydrogens is 574 g/mol. The molecule has 2 N–H and O–H groups in total. The maximum atomic E-state index is 13.6. The predicted octanol–water partition coefficient (Wildman–Crippen LogP) is 5.47. The van der Waals surface area contributed by atoms with Crippen LogP contribution in [0.25, 0.3) is 0 Å². The van der Waals surface area contributed by atoms with Crippen LogP contribution in [0.2, 0.25) is 0 Å². The topological polar surface area (TPSA) is 118 Å². The molecule has 5 rings (SSSR count). The lowest BCUT2D eigenvalue weighted by Crippen LogP contribution is -2.73. The highest BCUT2D eigenvalue weighted by Crippen LogP contribution is 2.41. The second-order valence-corrected chi connectivity index (χ2v) is 11.6. The van der Waals surface area contributed by atoms with E-state index in [1.165, 1.54) is 4.90 Å². The van der Waals surface area contributed by atoms with E-state index in [1.54, 1.807) is 30.9 Å². The van der Waals surface area contributed by atoms with Gasteiger partial charge < -0.3 is 34.3 Å². The van der Waals surface area contributed by atoms with Gasteiger partial charge in [-0.05, 0) is 74.1 Å². The van der Waals surface area contributed by atoms with E-state index < -0.39 is 29.9 Å². The number of ether oxygens (including phenoxy) is 3. The molecule has 2 heterocycles.